The number of nitrogens with one attached hydrogen (secondary N) is 1. The summed E-state index contributed by atoms with van der Waals surface area (Å²) in [5.74, 6) is -0.813. The standard InChI is InChI=1S/C28H32ClN3O4S/c1-5-25(28(34)30-4)31(18-22-9-7-6-8-10-22)27(33)19-32(26-16-13-23(29)17-21(26)3)37(35,36)24-14-11-20(2)12-15-24/h6-17,25H,5,18-19H2,1-4H3,(H,30,34)/t25-/m0/s1. The fourth-order valence-corrected chi connectivity index (χ4v) is 5.82. The van der Waals surface area contributed by atoms with Crippen molar-refractivity contribution in [2.45, 2.75) is 44.7 Å². The molecule has 0 saturated heterocycles. The Bertz CT molecular complexity index is 1350. The van der Waals surface area contributed by atoms with E-state index in [-0.39, 0.29) is 17.3 Å². The van der Waals surface area contributed by atoms with Gasteiger partial charge in [-0.15, -0.1) is 0 Å². The van der Waals surface area contributed by atoms with Crippen LogP contribution in [-0.2, 0) is 26.2 Å². The van der Waals surface area contributed by atoms with E-state index in [0.717, 1.165) is 15.4 Å². The lowest BCUT2D eigenvalue weighted by Crippen LogP contribution is -2.51. The number of likely N-dealkylation sites (N-methyl/N-ethyl adjacent to an activating group) is 1. The van der Waals surface area contributed by atoms with Crippen molar-refractivity contribution in [2.24, 2.45) is 0 Å². The van der Waals surface area contributed by atoms with Crippen molar-refractivity contribution in [1.82, 2.24) is 10.2 Å². The molecule has 0 heterocycles. The van der Waals surface area contributed by atoms with Gasteiger partial charge in [-0.1, -0.05) is 66.6 Å². The van der Waals surface area contributed by atoms with Crippen molar-refractivity contribution in [3.8, 4) is 0 Å². The predicted molar refractivity (Wildman–Crippen MR) is 147 cm³/mol. The minimum Gasteiger partial charge on any atom is -0.357 e. The van der Waals surface area contributed by atoms with Gasteiger partial charge in [0.15, 0.2) is 0 Å². The Hall–Kier alpha value is -3.36. The van der Waals surface area contributed by atoms with E-state index in [1.165, 1.54) is 24.1 Å². The Balaban J connectivity index is 2.09. The van der Waals surface area contributed by atoms with Crippen LogP contribution in [0.1, 0.15) is 30.0 Å². The molecule has 2 amide bonds. The van der Waals surface area contributed by atoms with Crippen molar-refractivity contribution in [3.05, 3.63) is 94.5 Å². The van der Waals surface area contributed by atoms with E-state index >= 15 is 0 Å². The second kappa shape index (κ2) is 12.3. The van der Waals surface area contributed by atoms with Crippen LogP contribution < -0.4 is 9.62 Å². The zero-order valence-electron chi connectivity index (χ0n) is 21.4. The third-order valence-electron chi connectivity index (χ3n) is 6.14. The van der Waals surface area contributed by atoms with Crippen LogP contribution in [0.2, 0.25) is 5.02 Å². The summed E-state index contributed by atoms with van der Waals surface area (Å²) in [6.45, 7) is 5.09. The van der Waals surface area contributed by atoms with Crippen molar-refractivity contribution in [1.29, 1.82) is 0 Å². The lowest BCUT2D eigenvalue weighted by atomic mass is 10.1. The molecule has 196 valence electrons. The average molecular weight is 542 g/mol. The third kappa shape index (κ3) is 6.70. The van der Waals surface area contributed by atoms with E-state index in [1.54, 1.807) is 37.3 Å². The molecule has 0 fully saturated rings. The maximum Gasteiger partial charge on any atom is 0.264 e. The van der Waals surface area contributed by atoms with Gasteiger partial charge in [-0.2, -0.15) is 0 Å². The summed E-state index contributed by atoms with van der Waals surface area (Å²) in [7, 11) is -2.61. The Labute approximate surface area is 224 Å². The fourth-order valence-electron chi connectivity index (χ4n) is 4.12. The highest BCUT2D eigenvalue weighted by Gasteiger charge is 2.33. The van der Waals surface area contributed by atoms with E-state index in [1.807, 2.05) is 44.2 Å². The first-order chi connectivity index (χ1) is 17.6. The topological polar surface area (TPSA) is 86.8 Å². The van der Waals surface area contributed by atoms with Crippen molar-refractivity contribution in [2.75, 3.05) is 17.9 Å². The molecule has 0 aromatic heterocycles. The molecule has 3 rings (SSSR count). The summed E-state index contributed by atoms with van der Waals surface area (Å²) >= 11 is 6.14. The normalized spacial score (nSPS) is 12.0. The smallest absolute Gasteiger partial charge is 0.264 e. The van der Waals surface area contributed by atoms with E-state index < -0.39 is 28.5 Å². The highest BCUT2D eigenvalue weighted by atomic mass is 35.5. The van der Waals surface area contributed by atoms with Gasteiger partial charge in [0.05, 0.1) is 10.6 Å². The Morgan fingerprint density at radius 2 is 1.62 bits per heavy atom. The molecule has 0 aliphatic rings. The van der Waals surface area contributed by atoms with Gasteiger partial charge >= 0.3 is 0 Å². The van der Waals surface area contributed by atoms with Crippen LogP contribution in [0.4, 0.5) is 5.69 Å². The number of benzene rings is 3. The largest absolute Gasteiger partial charge is 0.357 e. The molecular weight excluding hydrogens is 510 g/mol. The Morgan fingerprint density at radius 3 is 2.19 bits per heavy atom. The summed E-state index contributed by atoms with van der Waals surface area (Å²) in [5.41, 5.74) is 2.68. The summed E-state index contributed by atoms with van der Waals surface area (Å²) in [6.07, 6.45) is 0.364. The van der Waals surface area contributed by atoms with E-state index in [4.69, 9.17) is 11.6 Å². The second-order valence-electron chi connectivity index (χ2n) is 8.80. The SMILES string of the molecule is CC[C@@H](C(=O)NC)N(Cc1ccccc1)C(=O)CN(c1ccc(Cl)cc1C)S(=O)(=O)c1ccc(C)cc1. The molecule has 1 N–H and O–H groups in total. The van der Waals surface area contributed by atoms with E-state index in [0.29, 0.717) is 22.7 Å². The number of aryl methyl sites for hydroxylation is 2. The predicted octanol–water partition coefficient (Wildman–Crippen LogP) is 4.71. The molecule has 0 aliphatic heterocycles. The monoisotopic (exact) mass is 541 g/mol. The Kier molecular flexibility index (Phi) is 9.34. The number of carbonyl (C=O) groups excluding carboxylic acids is 2. The van der Waals surface area contributed by atoms with Gasteiger partial charge in [-0.05, 0) is 61.7 Å². The first kappa shape index (κ1) is 28.2. The number of nitrogens with zero attached hydrogens (tertiary/aromatic N) is 2. The number of rotatable bonds is 10. The molecule has 0 saturated carbocycles. The molecule has 3 aromatic carbocycles. The van der Waals surface area contributed by atoms with E-state index in [9.17, 15) is 18.0 Å². The van der Waals surface area contributed by atoms with Crippen molar-refractivity contribution < 1.29 is 18.0 Å². The summed E-state index contributed by atoms with van der Waals surface area (Å²) in [4.78, 5) is 28.1. The Morgan fingerprint density at radius 1 is 0.973 bits per heavy atom. The van der Waals surface area contributed by atoms with Crippen LogP contribution in [0.3, 0.4) is 0 Å². The van der Waals surface area contributed by atoms with Crippen LogP contribution >= 0.6 is 11.6 Å². The lowest BCUT2D eigenvalue weighted by Gasteiger charge is -2.33. The number of anilines is 1. The van der Waals surface area contributed by atoms with Crippen LogP contribution in [0.15, 0.2) is 77.7 Å². The molecule has 0 aliphatic carbocycles. The van der Waals surface area contributed by atoms with Gasteiger partial charge in [0.25, 0.3) is 10.0 Å². The number of sulfonamides is 1. The second-order valence-corrected chi connectivity index (χ2v) is 11.1. The highest BCUT2D eigenvalue weighted by molar-refractivity contribution is 7.92. The minimum atomic E-state index is -4.12. The number of carbonyl (C=O) groups is 2. The van der Waals surface area contributed by atoms with Crippen LogP contribution in [-0.4, -0.2) is 44.8 Å². The number of halogens is 1. The number of hydrogen-bond donors (Lipinski definition) is 1. The van der Waals surface area contributed by atoms with Gasteiger partial charge in [-0.25, -0.2) is 8.42 Å². The van der Waals surface area contributed by atoms with Gasteiger partial charge in [0.2, 0.25) is 11.8 Å². The summed E-state index contributed by atoms with van der Waals surface area (Å²) < 4.78 is 28.8. The summed E-state index contributed by atoms with van der Waals surface area (Å²) in [5, 5.41) is 3.07. The van der Waals surface area contributed by atoms with Crippen molar-refractivity contribution in [3.63, 3.8) is 0 Å². The molecule has 0 radical (unpaired) electrons. The molecule has 37 heavy (non-hydrogen) atoms. The van der Waals surface area contributed by atoms with Gasteiger partial charge < -0.3 is 10.2 Å². The van der Waals surface area contributed by atoms with Gasteiger partial charge in [0, 0.05) is 18.6 Å². The van der Waals surface area contributed by atoms with E-state index in [2.05, 4.69) is 5.32 Å². The molecule has 9 heteroatoms. The molecule has 0 unspecified atom stereocenters. The zero-order chi connectivity index (χ0) is 27.2. The van der Waals surface area contributed by atoms with Crippen LogP contribution in [0.25, 0.3) is 0 Å². The first-order valence-corrected chi connectivity index (χ1v) is 13.8. The van der Waals surface area contributed by atoms with Crippen LogP contribution in [0, 0.1) is 13.8 Å². The molecule has 0 bridgehead atoms. The minimum absolute atomic E-state index is 0.0632. The molecule has 0 spiro atoms. The molecule has 7 nitrogen and oxygen atoms in total. The molecule has 1 atom stereocenters. The van der Waals surface area contributed by atoms with Gasteiger partial charge in [-0.3, -0.25) is 13.9 Å². The van der Waals surface area contributed by atoms with Crippen LogP contribution in [0.5, 0.6) is 0 Å². The maximum absolute atomic E-state index is 13.9. The molecule has 3 aromatic rings. The molecular formula is C28H32ClN3O4S. The maximum atomic E-state index is 13.9. The highest BCUT2D eigenvalue weighted by Crippen LogP contribution is 2.29. The number of amides is 2. The third-order valence-corrected chi connectivity index (χ3v) is 8.15. The lowest BCUT2D eigenvalue weighted by molar-refractivity contribution is -0.140. The summed E-state index contributed by atoms with van der Waals surface area (Å²) in [6, 6.07) is 19.8. The number of hydrogen-bond acceptors (Lipinski definition) is 4. The quantitative estimate of drug-likeness (QED) is 0.403. The fraction of sp³-hybridized carbons (Fsp3) is 0.286. The van der Waals surface area contributed by atoms with Gasteiger partial charge in [0.1, 0.15) is 12.6 Å². The average Bonchev–Trinajstić information content (AvgIpc) is 2.88. The zero-order valence-corrected chi connectivity index (χ0v) is 23.0. The van der Waals surface area contributed by atoms with Crippen molar-refractivity contribution >= 4 is 39.1 Å². The first-order valence-electron chi connectivity index (χ1n) is 12.0.